The van der Waals surface area contributed by atoms with Crippen LogP contribution in [0.5, 0.6) is 0 Å². The molecule has 8 nitrogen and oxygen atoms in total. The molecule has 26 heavy (non-hydrogen) atoms. The molecule has 1 aromatic rings. The van der Waals surface area contributed by atoms with E-state index in [0.29, 0.717) is 61.5 Å². The third kappa shape index (κ3) is 8.33. The lowest BCUT2D eigenvalue weighted by molar-refractivity contribution is -0.121. The number of carbonyl (C=O) groups is 2. The summed E-state index contributed by atoms with van der Waals surface area (Å²) in [4.78, 5) is 31.8. The molecule has 0 atom stereocenters. The van der Waals surface area contributed by atoms with E-state index in [-0.39, 0.29) is 11.8 Å². The SMILES string of the molecule is CCCNC(=O)CCNc1nc(C)c(Cl)c(NCCC(=O)NCCC)n1. The molecule has 1 rings (SSSR count). The molecule has 0 aliphatic heterocycles. The van der Waals surface area contributed by atoms with Crippen molar-refractivity contribution in [3.05, 3.63) is 10.7 Å². The molecule has 0 spiro atoms. The topological polar surface area (TPSA) is 108 Å². The summed E-state index contributed by atoms with van der Waals surface area (Å²) in [5.74, 6) is 0.840. The van der Waals surface area contributed by atoms with Crippen molar-refractivity contribution in [1.29, 1.82) is 0 Å². The maximum Gasteiger partial charge on any atom is 0.224 e. The lowest BCUT2D eigenvalue weighted by Gasteiger charge is -2.12. The van der Waals surface area contributed by atoms with Gasteiger partial charge in [0.05, 0.1) is 5.69 Å². The Kier molecular flexibility index (Phi) is 10.4. The first-order valence-electron chi connectivity index (χ1n) is 9.03. The molecule has 0 saturated heterocycles. The van der Waals surface area contributed by atoms with Crippen molar-refractivity contribution in [3.8, 4) is 0 Å². The van der Waals surface area contributed by atoms with E-state index in [0.717, 1.165) is 12.8 Å². The van der Waals surface area contributed by atoms with Crippen LogP contribution < -0.4 is 21.3 Å². The van der Waals surface area contributed by atoms with Crippen LogP contribution in [0.15, 0.2) is 0 Å². The van der Waals surface area contributed by atoms with Crippen LogP contribution in [0.1, 0.15) is 45.2 Å². The summed E-state index contributed by atoms with van der Waals surface area (Å²) in [6, 6.07) is 0. The van der Waals surface area contributed by atoms with E-state index in [1.54, 1.807) is 6.92 Å². The van der Waals surface area contributed by atoms with E-state index in [9.17, 15) is 9.59 Å². The number of carbonyl (C=O) groups excluding carboxylic acids is 2. The van der Waals surface area contributed by atoms with Crippen molar-refractivity contribution >= 4 is 35.2 Å². The first-order chi connectivity index (χ1) is 12.5. The minimum atomic E-state index is -0.0160. The Morgan fingerprint density at radius 1 is 0.885 bits per heavy atom. The molecule has 0 aliphatic carbocycles. The zero-order valence-corrected chi connectivity index (χ0v) is 16.5. The van der Waals surface area contributed by atoms with Crippen LogP contribution in [0, 0.1) is 6.92 Å². The minimum Gasteiger partial charge on any atom is -0.368 e. The normalized spacial score (nSPS) is 10.3. The van der Waals surface area contributed by atoms with Gasteiger partial charge >= 0.3 is 0 Å². The molecule has 4 N–H and O–H groups in total. The highest BCUT2D eigenvalue weighted by atomic mass is 35.5. The van der Waals surface area contributed by atoms with Crippen LogP contribution in [0.25, 0.3) is 0 Å². The maximum absolute atomic E-state index is 11.6. The Hall–Kier alpha value is -2.09. The van der Waals surface area contributed by atoms with Gasteiger partial charge in [0.1, 0.15) is 5.02 Å². The second-order valence-corrected chi connectivity index (χ2v) is 6.23. The second kappa shape index (κ2) is 12.3. The molecule has 0 aliphatic rings. The van der Waals surface area contributed by atoms with Gasteiger partial charge in [-0.2, -0.15) is 4.98 Å². The quantitative estimate of drug-likeness (QED) is 0.439. The number of nitrogens with one attached hydrogen (secondary N) is 4. The molecule has 0 aromatic carbocycles. The van der Waals surface area contributed by atoms with Crippen molar-refractivity contribution in [3.63, 3.8) is 0 Å². The molecule has 0 unspecified atom stereocenters. The van der Waals surface area contributed by atoms with Gasteiger partial charge in [0, 0.05) is 39.0 Å². The summed E-state index contributed by atoms with van der Waals surface area (Å²) in [6.07, 6.45) is 2.48. The zero-order valence-electron chi connectivity index (χ0n) is 15.7. The molecular formula is C17H29ClN6O2. The fourth-order valence-electron chi connectivity index (χ4n) is 2.04. The molecule has 1 aromatic heterocycles. The van der Waals surface area contributed by atoms with E-state index in [2.05, 4.69) is 31.2 Å². The molecule has 0 bridgehead atoms. The summed E-state index contributed by atoms with van der Waals surface area (Å²) in [7, 11) is 0. The van der Waals surface area contributed by atoms with E-state index < -0.39 is 0 Å². The summed E-state index contributed by atoms with van der Waals surface area (Å²) in [6.45, 7) is 7.98. The molecule has 0 radical (unpaired) electrons. The number of amides is 2. The van der Waals surface area contributed by atoms with Gasteiger partial charge in [-0.25, -0.2) is 4.98 Å². The smallest absolute Gasteiger partial charge is 0.224 e. The van der Waals surface area contributed by atoms with E-state index >= 15 is 0 Å². The third-order valence-electron chi connectivity index (χ3n) is 3.44. The lowest BCUT2D eigenvalue weighted by atomic mass is 10.3. The first-order valence-corrected chi connectivity index (χ1v) is 9.41. The van der Waals surface area contributed by atoms with Gasteiger partial charge in [0.2, 0.25) is 17.8 Å². The maximum atomic E-state index is 11.6. The van der Waals surface area contributed by atoms with Crippen LogP contribution in [-0.4, -0.2) is 48.0 Å². The van der Waals surface area contributed by atoms with Crippen LogP contribution in [0.2, 0.25) is 5.02 Å². The van der Waals surface area contributed by atoms with E-state index in [4.69, 9.17) is 11.6 Å². The highest BCUT2D eigenvalue weighted by molar-refractivity contribution is 6.33. The van der Waals surface area contributed by atoms with Crippen molar-refractivity contribution in [2.75, 3.05) is 36.8 Å². The second-order valence-electron chi connectivity index (χ2n) is 5.85. The summed E-state index contributed by atoms with van der Waals surface area (Å²) in [5, 5.41) is 12.1. The van der Waals surface area contributed by atoms with Gasteiger partial charge in [-0.3, -0.25) is 9.59 Å². The average Bonchev–Trinajstić information content (AvgIpc) is 2.62. The number of rotatable bonds is 12. The van der Waals surface area contributed by atoms with E-state index in [1.165, 1.54) is 0 Å². The zero-order chi connectivity index (χ0) is 19.4. The van der Waals surface area contributed by atoms with Crippen LogP contribution in [0.4, 0.5) is 11.8 Å². The van der Waals surface area contributed by atoms with Gasteiger partial charge in [-0.15, -0.1) is 0 Å². The molecule has 2 amide bonds. The fraction of sp³-hybridized carbons (Fsp3) is 0.647. The Morgan fingerprint density at radius 3 is 1.96 bits per heavy atom. The van der Waals surface area contributed by atoms with Crippen LogP contribution in [0.3, 0.4) is 0 Å². The van der Waals surface area contributed by atoms with Crippen LogP contribution >= 0.6 is 11.6 Å². The average molecular weight is 385 g/mol. The molecule has 146 valence electrons. The molecule has 1 heterocycles. The number of anilines is 2. The molecule has 0 saturated carbocycles. The number of aromatic nitrogens is 2. The highest BCUT2D eigenvalue weighted by Gasteiger charge is 2.10. The predicted molar refractivity (Wildman–Crippen MR) is 105 cm³/mol. The van der Waals surface area contributed by atoms with Gasteiger partial charge in [0.15, 0.2) is 5.82 Å². The Bertz CT molecular complexity index is 597. The molecular weight excluding hydrogens is 356 g/mol. The summed E-state index contributed by atoms with van der Waals surface area (Å²) >= 11 is 6.23. The number of aryl methyl sites for hydroxylation is 1. The monoisotopic (exact) mass is 384 g/mol. The van der Waals surface area contributed by atoms with Crippen LogP contribution in [-0.2, 0) is 9.59 Å². The number of hydrogen-bond donors (Lipinski definition) is 4. The predicted octanol–water partition coefficient (Wildman–Crippen LogP) is 2.09. The fourth-order valence-corrected chi connectivity index (χ4v) is 2.19. The Balaban J connectivity index is 2.51. The number of hydrogen-bond acceptors (Lipinski definition) is 6. The van der Waals surface area contributed by atoms with Crippen molar-refractivity contribution in [1.82, 2.24) is 20.6 Å². The van der Waals surface area contributed by atoms with E-state index in [1.807, 2.05) is 13.8 Å². The number of nitrogens with zero attached hydrogens (tertiary/aromatic N) is 2. The van der Waals surface area contributed by atoms with Crippen molar-refractivity contribution < 1.29 is 9.59 Å². The summed E-state index contributed by atoms with van der Waals surface area (Å²) < 4.78 is 0. The lowest BCUT2D eigenvalue weighted by Crippen LogP contribution is -2.26. The Labute approximate surface area is 159 Å². The summed E-state index contributed by atoms with van der Waals surface area (Å²) in [5.41, 5.74) is 0.623. The van der Waals surface area contributed by atoms with Gasteiger partial charge < -0.3 is 21.3 Å². The standard InChI is InChI=1S/C17H29ClN6O2/c1-4-8-19-13(25)6-10-21-16-15(18)12(3)23-17(24-16)22-11-7-14(26)20-9-5-2/h4-11H2,1-3H3,(H,19,25)(H,20,26)(H2,21,22,23,24). The molecule has 0 fully saturated rings. The highest BCUT2D eigenvalue weighted by Crippen LogP contribution is 2.23. The Morgan fingerprint density at radius 2 is 1.42 bits per heavy atom. The van der Waals surface area contributed by atoms with Crippen molar-refractivity contribution in [2.24, 2.45) is 0 Å². The van der Waals surface area contributed by atoms with Gasteiger partial charge in [-0.05, 0) is 19.8 Å². The third-order valence-corrected chi connectivity index (χ3v) is 3.89. The first kappa shape index (κ1) is 22.0. The minimum absolute atomic E-state index is 0.0125. The van der Waals surface area contributed by atoms with Crippen molar-refractivity contribution in [2.45, 2.75) is 46.5 Å². The van der Waals surface area contributed by atoms with Gasteiger partial charge in [-0.1, -0.05) is 25.4 Å². The number of halogens is 1. The largest absolute Gasteiger partial charge is 0.368 e. The molecule has 9 heteroatoms. The van der Waals surface area contributed by atoms with Gasteiger partial charge in [0.25, 0.3) is 0 Å².